The highest BCUT2D eigenvalue weighted by molar-refractivity contribution is 7.89. The Labute approximate surface area is 402 Å². The summed E-state index contributed by atoms with van der Waals surface area (Å²) in [7, 11) is -2.63. The van der Waals surface area contributed by atoms with E-state index in [1.807, 2.05) is 12.1 Å². The number of sulfonamides is 1. The lowest BCUT2D eigenvalue weighted by atomic mass is 9.83. The molecular formula is C50H69N3O13SSi. The van der Waals surface area contributed by atoms with E-state index in [9.17, 15) is 33.2 Å². The van der Waals surface area contributed by atoms with Crippen molar-refractivity contribution in [1.29, 1.82) is 0 Å². The highest BCUT2D eigenvalue weighted by atomic mass is 32.2. The average Bonchev–Trinajstić information content (AvgIpc) is 3.60. The largest absolute Gasteiger partial charge is 0.497 e. The van der Waals surface area contributed by atoms with Gasteiger partial charge in [-0.1, -0.05) is 65.7 Å². The maximum Gasteiger partial charge on any atom is 0.419 e. The van der Waals surface area contributed by atoms with Gasteiger partial charge in [0.1, 0.15) is 37.6 Å². The first-order chi connectivity index (χ1) is 31.9. The van der Waals surface area contributed by atoms with Gasteiger partial charge in [0.25, 0.3) is 5.69 Å². The fourth-order valence-corrected chi connectivity index (χ4v) is 15.5. The molecule has 4 aromatic rings. The zero-order valence-electron chi connectivity index (χ0n) is 41.4. The Morgan fingerprint density at radius 2 is 1.50 bits per heavy atom. The second-order valence-corrected chi connectivity index (χ2v) is 26.2. The quantitative estimate of drug-likeness (QED) is 0.0136. The van der Waals surface area contributed by atoms with Crippen LogP contribution in [0.2, 0.25) is 16.6 Å². The van der Waals surface area contributed by atoms with E-state index in [1.165, 1.54) is 18.8 Å². The van der Waals surface area contributed by atoms with Crippen LogP contribution in [-0.4, -0.2) is 102 Å². The fraction of sp³-hybridized carbons (Fsp3) is 0.520. The molecule has 0 aliphatic heterocycles. The number of aromatic nitrogens is 1. The van der Waals surface area contributed by atoms with Gasteiger partial charge in [-0.25, -0.2) is 22.5 Å². The molecule has 372 valence electrons. The number of aliphatic hydroxyl groups is 1. The fourth-order valence-electron chi connectivity index (χ4n) is 9.05. The molecule has 0 saturated heterocycles. The predicted octanol–water partition coefficient (Wildman–Crippen LogP) is 9.17. The van der Waals surface area contributed by atoms with Gasteiger partial charge in [-0.2, -0.15) is 0 Å². The van der Waals surface area contributed by atoms with Gasteiger partial charge in [-0.3, -0.25) is 14.9 Å². The van der Waals surface area contributed by atoms with Gasteiger partial charge < -0.3 is 33.5 Å². The van der Waals surface area contributed by atoms with E-state index >= 15 is 0 Å². The number of benzene rings is 3. The molecule has 0 spiro atoms. The number of ether oxygens (including phenoxy) is 6. The number of nitro benzene ring substituents is 1. The molecule has 0 amide bonds. The molecule has 4 rings (SSSR count). The van der Waals surface area contributed by atoms with Crippen LogP contribution < -0.4 is 14.2 Å². The highest BCUT2D eigenvalue weighted by Crippen LogP contribution is 2.42. The van der Waals surface area contributed by atoms with Gasteiger partial charge in [0.2, 0.25) is 10.0 Å². The normalized spacial score (nSPS) is 14.0. The number of fused-ring (bicyclic) bond motifs is 1. The maximum absolute atomic E-state index is 14.4. The number of non-ortho nitro benzene ring substituents is 1. The number of esters is 1. The van der Waals surface area contributed by atoms with Gasteiger partial charge in [0.05, 0.1) is 55.2 Å². The molecule has 0 fully saturated rings. The summed E-state index contributed by atoms with van der Waals surface area (Å²) >= 11 is 0. The van der Waals surface area contributed by atoms with E-state index in [2.05, 4.69) is 57.7 Å². The number of nitro groups is 1. The van der Waals surface area contributed by atoms with Crippen LogP contribution in [0.3, 0.4) is 0 Å². The molecule has 68 heavy (non-hydrogen) atoms. The molecule has 0 aliphatic carbocycles. The van der Waals surface area contributed by atoms with Crippen molar-refractivity contribution in [2.45, 2.75) is 120 Å². The number of nitrogens with zero attached hydrogens (tertiary/aromatic N) is 2. The van der Waals surface area contributed by atoms with Crippen molar-refractivity contribution in [3.05, 3.63) is 94.2 Å². The molecule has 3 atom stereocenters. The van der Waals surface area contributed by atoms with Crippen LogP contribution in [0, 0.1) is 27.5 Å². The smallest absolute Gasteiger partial charge is 0.419 e. The Balaban J connectivity index is 1.93. The van der Waals surface area contributed by atoms with Crippen molar-refractivity contribution in [2.75, 3.05) is 47.9 Å². The summed E-state index contributed by atoms with van der Waals surface area (Å²) in [4.78, 5) is 39.3. The maximum atomic E-state index is 14.4. The molecule has 2 N–H and O–H groups in total. The van der Waals surface area contributed by atoms with Gasteiger partial charge >= 0.3 is 12.1 Å². The second kappa shape index (κ2) is 23.8. The lowest BCUT2D eigenvalue weighted by Gasteiger charge is -2.38. The third kappa shape index (κ3) is 13.9. The predicted molar refractivity (Wildman–Crippen MR) is 263 cm³/mol. The van der Waals surface area contributed by atoms with E-state index < -0.39 is 64.7 Å². The Bertz CT molecular complexity index is 2490. The Morgan fingerprint density at radius 1 is 0.897 bits per heavy atom. The Morgan fingerprint density at radius 3 is 2.04 bits per heavy atom. The first kappa shape index (κ1) is 55.3. The Hall–Kier alpha value is -5.29. The summed E-state index contributed by atoms with van der Waals surface area (Å²) in [5.41, 5.74) is 2.14. The van der Waals surface area contributed by atoms with Crippen molar-refractivity contribution in [3.8, 4) is 23.0 Å². The van der Waals surface area contributed by atoms with Crippen molar-refractivity contribution in [2.24, 2.45) is 5.92 Å². The van der Waals surface area contributed by atoms with Crippen LogP contribution in [0.15, 0.2) is 77.7 Å². The molecular weight excluding hydrogens is 911 g/mol. The molecule has 0 bridgehead atoms. The van der Waals surface area contributed by atoms with Crippen LogP contribution in [0.4, 0.5) is 10.5 Å². The number of nitrogens with one attached hydrogen (secondary N) is 1. The molecule has 3 aromatic carbocycles. The molecule has 1 heterocycles. The summed E-state index contributed by atoms with van der Waals surface area (Å²) in [6.45, 7) is 17.2. The number of rotatable bonds is 23. The first-order valence-electron chi connectivity index (χ1n) is 22.7. The summed E-state index contributed by atoms with van der Waals surface area (Å²) < 4.78 is 65.7. The number of para-hydroxylation sites is 1. The molecule has 18 heteroatoms. The van der Waals surface area contributed by atoms with Crippen LogP contribution in [0.1, 0.15) is 92.3 Å². The third-order valence-corrected chi connectivity index (χ3v) is 19.8. The lowest BCUT2D eigenvalue weighted by molar-refractivity contribution is -0.384. The zero-order valence-corrected chi connectivity index (χ0v) is 43.2. The third-order valence-electron chi connectivity index (χ3n) is 12.1. The van der Waals surface area contributed by atoms with Crippen molar-refractivity contribution >= 4 is 46.8 Å². The average molecular weight is 980 g/mol. The van der Waals surface area contributed by atoms with E-state index in [0.717, 1.165) is 24.3 Å². The topological polar surface area (TPSA) is 204 Å². The standard InChI is InChI=1S/C50H69N3O13SSi/c1-34(2)68(35(3)4,36(5)6)28-26-50(56,32-51-67(59,60)41-23-17-38(18-24-41)53(57)58)30-37(31-64-33-61-10)29-44(47(54)63-12)46-43(25-27-65-40-21-19-39(62-11)20-22-40)42-15-13-14-16-45(42)52(46)48(55)66-49(7,8)9/h13-24,34-37,44,51,56H,25,27,29-33H2,1-12H3/t37-,44-,50+/m1/s1. The van der Waals surface area contributed by atoms with Crippen LogP contribution in [-0.2, 0) is 40.2 Å². The molecule has 0 aliphatic rings. The number of methoxy groups -OCH3 is 3. The van der Waals surface area contributed by atoms with Gasteiger partial charge in [-0.05, 0) is 104 Å². The van der Waals surface area contributed by atoms with Gasteiger partial charge in [0, 0.05) is 36.7 Å². The number of carbonyl (C=O) groups is 2. The minimum Gasteiger partial charge on any atom is -0.497 e. The van der Waals surface area contributed by atoms with E-state index in [4.69, 9.17) is 28.4 Å². The van der Waals surface area contributed by atoms with Crippen LogP contribution in [0.5, 0.6) is 11.5 Å². The SMILES string of the molecule is COCOC[C@H](C[C@@H](C(=O)OC)c1c(CCOc2ccc(OC)cc2)c2ccccc2n1C(=O)OC(C)(C)C)C[C@@](O)(C#C[Si](C(C)C)(C(C)C)C(C)C)CNS(=O)(=O)c1ccc([N+](=O)[O-])cc1. The first-order valence-corrected chi connectivity index (χ1v) is 26.4. The van der Waals surface area contributed by atoms with E-state index in [-0.39, 0.29) is 66.5 Å². The van der Waals surface area contributed by atoms with Crippen molar-refractivity contribution in [1.82, 2.24) is 9.29 Å². The van der Waals surface area contributed by atoms with E-state index in [1.54, 1.807) is 64.3 Å². The van der Waals surface area contributed by atoms with Crippen LogP contribution >= 0.6 is 0 Å². The summed E-state index contributed by atoms with van der Waals surface area (Å²) in [6.07, 6.45) is -0.793. The van der Waals surface area contributed by atoms with E-state index in [0.29, 0.717) is 33.7 Å². The van der Waals surface area contributed by atoms with Crippen LogP contribution in [0.25, 0.3) is 10.9 Å². The number of carbonyl (C=O) groups excluding carboxylic acids is 2. The van der Waals surface area contributed by atoms with Crippen molar-refractivity contribution in [3.63, 3.8) is 0 Å². The summed E-state index contributed by atoms with van der Waals surface area (Å²) in [5.74, 6) is 1.79. The minimum atomic E-state index is -4.35. The lowest BCUT2D eigenvalue weighted by Crippen LogP contribution is -2.47. The monoisotopic (exact) mass is 979 g/mol. The molecule has 0 saturated carbocycles. The zero-order chi connectivity index (χ0) is 50.6. The number of hydrogen-bond acceptors (Lipinski definition) is 13. The highest BCUT2D eigenvalue weighted by Gasteiger charge is 2.43. The van der Waals surface area contributed by atoms with Crippen molar-refractivity contribution < 1.29 is 56.5 Å². The molecule has 0 radical (unpaired) electrons. The molecule has 16 nitrogen and oxygen atoms in total. The minimum absolute atomic E-state index is 0.0813. The van der Waals surface area contributed by atoms with Gasteiger partial charge in [-0.15, -0.1) is 5.54 Å². The summed E-state index contributed by atoms with van der Waals surface area (Å²) in [5, 5.41) is 24.9. The molecule has 1 aromatic heterocycles. The Kier molecular flexibility index (Phi) is 19.4. The molecule has 0 unspecified atom stereocenters. The summed E-state index contributed by atoms with van der Waals surface area (Å²) in [6, 6.07) is 18.7. The number of hydrogen-bond donors (Lipinski definition) is 2. The van der Waals surface area contributed by atoms with Gasteiger partial charge in [0.15, 0.2) is 0 Å². The second-order valence-electron chi connectivity index (χ2n) is 18.9.